The zero-order chi connectivity index (χ0) is 15.0. The van der Waals surface area contributed by atoms with E-state index in [0.29, 0.717) is 5.69 Å². The Bertz CT molecular complexity index is 900. The predicted octanol–water partition coefficient (Wildman–Crippen LogP) is 1.41. The number of halogens is 1. The summed E-state index contributed by atoms with van der Waals surface area (Å²) in [4.78, 5) is 22.8. The van der Waals surface area contributed by atoms with Crippen LogP contribution >= 0.6 is 15.9 Å². The summed E-state index contributed by atoms with van der Waals surface area (Å²) in [5.41, 5.74) is 1.25. The molecule has 2 aromatic heterocycles. The first-order valence-electron chi connectivity index (χ1n) is 5.98. The third kappa shape index (κ3) is 2.57. The molecule has 3 rings (SSSR count). The van der Waals surface area contributed by atoms with Crippen molar-refractivity contribution in [2.45, 2.75) is 6.54 Å². The van der Waals surface area contributed by atoms with Gasteiger partial charge in [-0.25, -0.2) is 9.20 Å². The first kappa shape index (κ1) is 13.5. The Balaban J connectivity index is 2.14. The van der Waals surface area contributed by atoms with Crippen LogP contribution in [0.4, 0.5) is 0 Å². The molecular formula is C13H9BrN4O3. The van der Waals surface area contributed by atoms with Gasteiger partial charge in [0.25, 0.3) is 5.56 Å². The molecule has 0 saturated heterocycles. The molecule has 1 aromatic carbocycles. The average molecular weight is 349 g/mol. The lowest BCUT2D eigenvalue weighted by molar-refractivity contribution is -0.138. The molecule has 0 bridgehead atoms. The lowest BCUT2D eigenvalue weighted by Crippen LogP contribution is -2.27. The van der Waals surface area contributed by atoms with E-state index in [1.165, 1.54) is 10.8 Å². The molecule has 21 heavy (non-hydrogen) atoms. The first-order chi connectivity index (χ1) is 10.0. The number of aromatic nitrogens is 4. The van der Waals surface area contributed by atoms with E-state index >= 15 is 0 Å². The Morgan fingerprint density at radius 2 is 2.14 bits per heavy atom. The summed E-state index contributed by atoms with van der Waals surface area (Å²) in [6.07, 6.45) is 1.32. The fourth-order valence-corrected chi connectivity index (χ4v) is 2.37. The van der Waals surface area contributed by atoms with Gasteiger partial charge in [0.2, 0.25) is 0 Å². The summed E-state index contributed by atoms with van der Waals surface area (Å²) in [6, 6.07) is 9.12. The minimum atomic E-state index is -1.12. The van der Waals surface area contributed by atoms with Crippen molar-refractivity contribution in [1.29, 1.82) is 0 Å². The molecular weight excluding hydrogens is 340 g/mol. The number of carboxylic acid groups (broad SMARTS) is 1. The van der Waals surface area contributed by atoms with Crippen molar-refractivity contribution in [3.63, 3.8) is 0 Å². The van der Waals surface area contributed by atoms with Crippen LogP contribution in [0, 0.1) is 0 Å². The molecule has 8 heteroatoms. The Morgan fingerprint density at radius 1 is 1.33 bits per heavy atom. The minimum Gasteiger partial charge on any atom is -0.480 e. The molecule has 0 aliphatic carbocycles. The molecule has 0 aliphatic rings. The normalized spacial score (nSPS) is 10.9. The lowest BCUT2D eigenvalue weighted by atomic mass is 10.1. The van der Waals surface area contributed by atoms with Gasteiger partial charge >= 0.3 is 5.97 Å². The van der Waals surface area contributed by atoms with E-state index in [0.717, 1.165) is 14.7 Å². The Morgan fingerprint density at radius 3 is 2.86 bits per heavy atom. The monoisotopic (exact) mass is 348 g/mol. The van der Waals surface area contributed by atoms with Gasteiger partial charge in [-0.1, -0.05) is 28.1 Å². The molecule has 0 amide bonds. The number of rotatable bonds is 3. The predicted molar refractivity (Wildman–Crippen MR) is 78.0 cm³/mol. The quantitative estimate of drug-likeness (QED) is 0.772. The molecule has 1 N–H and O–H groups in total. The van der Waals surface area contributed by atoms with E-state index in [-0.39, 0.29) is 5.52 Å². The van der Waals surface area contributed by atoms with Crippen LogP contribution < -0.4 is 5.56 Å². The van der Waals surface area contributed by atoms with Gasteiger partial charge in [0.05, 0.1) is 5.69 Å². The Kier molecular flexibility index (Phi) is 3.30. The number of hydrogen-bond donors (Lipinski definition) is 1. The van der Waals surface area contributed by atoms with Gasteiger partial charge in [-0.05, 0) is 18.2 Å². The van der Waals surface area contributed by atoms with Crippen molar-refractivity contribution in [1.82, 2.24) is 19.4 Å². The van der Waals surface area contributed by atoms with Gasteiger partial charge in [0, 0.05) is 10.0 Å². The minimum absolute atomic E-state index is 0.279. The van der Waals surface area contributed by atoms with Crippen molar-refractivity contribution in [2.24, 2.45) is 0 Å². The number of benzene rings is 1. The van der Waals surface area contributed by atoms with Crippen molar-refractivity contribution in [3.8, 4) is 11.3 Å². The zero-order valence-corrected chi connectivity index (χ0v) is 12.2. The smallest absolute Gasteiger partial charge is 0.325 e. The molecule has 7 nitrogen and oxygen atoms in total. The third-order valence-corrected chi connectivity index (χ3v) is 3.39. The molecule has 0 fully saturated rings. The lowest BCUT2D eigenvalue weighted by Gasteiger charge is -1.99. The summed E-state index contributed by atoms with van der Waals surface area (Å²) in [7, 11) is 0. The maximum absolute atomic E-state index is 12.1. The highest BCUT2D eigenvalue weighted by Gasteiger charge is 2.11. The summed E-state index contributed by atoms with van der Waals surface area (Å²) in [5.74, 6) is -1.12. The standard InChI is InChI=1S/C13H9BrN4O3/c14-9-3-1-2-8(4-9)10-5-11-13(21)17(6-12(19)20)15-7-18(11)16-10/h1-5,7H,6H2,(H,19,20). The molecule has 3 aromatic rings. The average Bonchev–Trinajstić information content (AvgIpc) is 2.86. The molecule has 0 atom stereocenters. The van der Waals surface area contributed by atoms with Crippen LogP contribution in [0.25, 0.3) is 16.8 Å². The maximum Gasteiger partial charge on any atom is 0.325 e. The van der Waals surface area contributed by atoms with Gasteiger partial charge in [-0.15, -0.1) is 0 Å². The summed E-state index contributed by atoms with van der Waals surface area (Å²) < 4.78 is 3.14. The van der Waals surface area contributed by atoms with E-state index in [1.807, 2.05) is 24.3 Å². The number of carboxylic acids is 1. The van der Waals surface area contributed by atoms with Gasteiger partial charge in [0.15, 0.2) is 0 Å². The van der Waals surface area contributed by atoms with Crippen molar-refractivity contribution < 1.29 is 9.90 Å². The molecule has 0 unspecified atom stereocenters. The fourth-order valence-electron chi connectivity index (χ4n) is 1.97. The van der Waals surface area contributed by atoms with Gasteiger partial charge in [-0.2, -0.15) is 10.2 Å². The second kappa shape index (κ2) is 5.13. The molecule has 2 heterocycles. The van der Waals surface area contributed by atoms with E-state index in [9.17, 15) is 9.59 Å². The summed E-state index contributed by atoms with van der Waals surface area (Å²) in [6.45, 7) is -0.479. The van der Waals surface area contributed by atoms with E-state index in [1.54, 1.807) is 6.07 Å². The highest BCUT2D eigenvalue weighted by atomic mass is 79.9. The second-order valence-corrected chi connectivity index (χ2v) is 5.27. The van der Waals surface area contributed by atoms with E-state index in [4.69, 9.17) is 5.11 Å². The number of carbonyl (C=O) groups is 1. The van der Waals surface area contributed by atoms with Crippen LogP contribution in [0.15, 0.2) is 45.9 Å². The summed E-state index contributed by atoms with van der Waals surface area (Å²) in [5, 5.41) is 16.8. The Labute approximate surface area is 126 Å². The van der Waals surface area contributed by atoms with Gasteiger partial charge in [-0.3, -0.25) is 9.59 Å². The van der Waals surface area contributed by atoms with E-state index in [2.05, 4.69) is 26.1 Å². The zero-order valence-electron chi connectivity index (χ0n) is 10.6. The Hall–Kier alpha value is -2.48. The van der Waals surface area contributed by atoms with Crippen LogP contribution in [0.2, 0.25) is 0 Å². The van der Waals surface area contributed by atoms with Crippen molar-refractivity contribution >= 4 is 27.4 Å². The number of nitrogens with zero attached hydrogens (tertiary/aromatic N) is 4. The van der Waals surface area contributed by atoms with Crippen molar-refractivity contribution in [2.75, 3.05) is 0 Å². The molecule has 0 radical (unpaired) electrons. The van der Waals surface area contributed by atoms with Crippen LogP contribution in [-0.4, -0.2) is 30.5 Å². The molecule has 0 aliphatic heterocycles. The molecule has 106 valence electrons. The SMILES string of the molecule is O=C(O)Cn1ncn2nc(-c3cccc(Br)c3)cc2c1=O. The highest BCUT2D eigenvalue weighted by molar-refractivity contribution is 9.10. The number of hydrogen-bond acceptors (Lipinski definition) is 4. The number of fused-ring (bicyclic) bond motifs is 1. The maximum atomic E-state index is 12.1. The first-order valence-corrected chi connectivity index (χ1v) is 6.77. The topological polar surface area (TPSA) is 89.5 Å². The molecule has 0 saturated carbocycles. The largest absolute Gasteiger partial charge is 0.480 e. The van der Waals surface area contributed by atoms with Crippen LogP contribution in [0.3, 0.4) is 0 Å². The third-order valence-electron chi connectivity index (χ3n) is 2.90. The van der Waals surface area contributed by atoms with E-state index < -0.39 is 18.1 Å². The van der Waals surface area contributed by atoms with Crippen LogP contribution in [0.1, 0.15) is 0 Å². The van der Waals surface area contributed by atoms with Crippen LogP contribution in [0.5, 0.6) is 0 Å². The highest BCUT2D eigenvalue weighted by Crippen LogP contribution is 2.22. The second-order valence-electron chi connectivity index (χ2n) is 4.36. The van der Waals surface area contributed by atoms with Gasteiger partial charge < -0.3 is 5.11 Å². The van der Waals surface area contributed by atoms with Gasteiger partial charge in [0.1, 0.15) is 18.4 Å². The summed E-state index contributed by atoms with van der Waals surface area (Å²) >= 11 is 3.38. The molecule has 0 spiro atoms. The van der Waals surface area contributed by atoms with Crippen LogP contribution in [-0.2, 0) is 11.3 Å². The fraction of sp³-hybridized carbons (Fsp3) is 0.0769. The number of aliphatic carboxylic acids is 1. The van der Waals surface area contributed by atoms with Crippen molar-refractivity contribution in [3.05, 3.63) is 51.5 Å².